The second kappa shape index (κ2) is 4.84. The maximum atomic E-state index is 12.1. The zero-order valence-corrected chi connectivity index (χ0v) is 11.2. The molecule has 1 amide bonds. The summed E-state index contributed by atoms with van der Waals surface area (Å²) in [5.74, 6) is 0. The molecule has 1 N–H and O–H groups in total. The van der Waals surface area contributed by atoms with E-state index >= 15 is 0 Å². The third kappa shape index (κ3) is 3.87. The van der Waals surface area contributed by atoms with Gasteiger partial charge in [0.15, 0.2) is 0 Å². The summed E-state index contributed by atoms with van der Waals surface area (Å²) < 4.78 is 5.47. The van der Waals surface area contributed by atoms with E-state index in [-0.39, 0.29) is 6.09 Å². The van der Waals surface area contributed by atoms with Gasteiger partial charge in [0.1, 0.15) is 5.60 Å². The molecule has 0 aromatic carbocycles. The van der Waals surface area contributed by atoms with Gasteiger partial charge in [-0.15, -0.1) is 0 Å². The van der Waals surface area contributed by atoms with Gasteiger partial charge in [0, 0.05) is 18.6 Å². The monoisotopic (exact) mass is 240 g/mol. The Balaban J connectivity index is 1.89. The molecule has 98 valence electrons. The summed E-state index contributed by atoms with van der Waals surface area (Å²) in [6.07, 6.45) is 4.51. The fourth-order valence-electron chi connectivity index (χ4n) is 2.23. The van der Waals surface area contributed by atoms with E-state index in [9.17, 15) is 4.79 Å². The second-order valence-corrected chi connectivity index (χ2v) is 6.16. The van der Waals surface area contributed by atoms with E-state index in [1.165, 1.54) is 12.8 Å². The molecule has 2 rings (SSSR count). The predicted molar refractivity (Wildman–Crippen MR) is 67.0 cm³/mol. The van der Waals surface area contributed by atoms with Crippen molar-refractivity contribution < 1.29 is 9.53 Å². The highest BCUT2D eigenvalue weighted by atomic mass is 16.6. The maximum Gasteiger partial charge on any atom is 0.410 e. The van der Waals surface area contributed by atoms with Crippen molar-refractivity contribution in [3.8, 4) is 0 Å². The predicted octanol–water partition coefficient (Wildman–Crippen LogP) is 2.14. The van der Waals surface area contributed by atoms with Crippen LogP contribution in [0, 0.1) is 0 Å². The van der Waals surface area contributed by atoms with Crippen LogP contribution in [0.3, 0.4) is 0 Å². The van der Waals surface area contributed by atoms with Gasteiger partial charge in [-0.2, -0.15) is 0 Å². The molecule has 2 fully saturated rings. The zero-order valence-electron chi connectivity index (χ0n) is 11.2. The number of carbonyl (C=O) groups is 1. The SMILES string of the molecule is CC(C)(C)OC(=O)N(C[C@@H]1CCCN1)C1CC1. The molecule has 1 aliphatic carbocycles. The van der Waals surface area contributed by atoms with E-state index in [4.69, 9.17) is 4.74 Å². The van der Waals surface area contributed by atoms with E-state index in [1.807, 2.05) is 25.7 Å². The largest absolute Gasteiger partial charge is 0.444 e. The molecule has 0 aromatic rings. The molecular weight excluding hydrogens is 216 g/mol. The Kier molecular flexibility index (Phi) is 3.61. The standard InChI is InChI=1S/C13H24N2O2/c1-13(2,3)17-12(16)15(11-6-7-11)9-10-5-4-8-14-10/h10-11,14H,4-9H2,1-3H3/t10-/m0/s1. The molecule has 1 heterocycles. The first kappa shape index (κ1) is 12.7. The molecule has 1 atom stereocenters. The van der Waals surface area contributed by atoms with E-state index in [2.05, 4.69) is 5.32 Å². The van der Waals surface area contributed by atoms with Crippen LogP contribution in [0.5, 0.6) is 0 Å². The Morgan fingerprint density at radius 2 is 2.06 bits per heavy atom. The number of hydrogen-bond donors (Lipinski definition) is 1. The van der Waals surface area contributed by atoms with E-state index < -0.39 is 5.60 Å². The Morgan fingerprint density at radius 3 is 2.53 bits per heavy atom. The van der Waals surface area contributed by atoms with E-state index in [1.54, 1.807) is 0 Å². The summed E-state index contributed by atoms with van der Waals surface area (Å²) in [5, 5.41) is 3.44. The lowest BCUT2D eigenvalue weighted by molar-refractivity contribution is 0.0218. The van der Waals surface area contributed by atoms with Gasteiger partial charge in [-0.05, 0) is 53.0 Å². The number of amides is 1. The van der Waals surface area contributed by atoms with Gasteiger partial charge in [0.25, 0.3) is 0 Å². The fraction of sp³-hybridized carbons (Fsp3) is 0.923. The van der Waals surface area contributed by atoms with Gasteiger partial charge < -0.3 is 15.0 Å². The third-order valence-corrected chi connectivity index (χ3v) is 3.20. The van der Waals surface area contributed by atoms with Gasteiger partial charge in [-0.25, -0.2) is 4.79 Å². The number of ether oxygens (including phenoxy) is 1. The van der Waals surface area contributed by atoms with Crippen molar-refractivity contribution in [2.24, 2.45) is 0 Å². The van der Waals surface area contributed by atoms with Crippen LogP contribution in [0.4, 0.5) is 4.79 Å². The number of hydrogen-bond acceptors (Lipinski definition) is 3. The lowest BCUT2D eigenvalue weighted by Gasteiger charge is -2.29. The van der Waals surface area contributed by atoms with Crippen molar-refractivity contribution in [2.45, 2.75) is 64.1 Å². The molecule has 0 radical (unpaired) electrons. The summed E-state index contributed by atoms with van der Waals surface area (Å²) in [6.45, 7) is 7.65. The first-order valence-corrected chi connectivity index (χ1v) is 6.69. The summed E-state index contributed by atoms with van der Waals surface area (Å²) >= 11 is 0. The Hall–Kier alpha value is -0.770. The zero-order chi connectivity index (χ0) is 12.5. The highest BCUT2D eigenvalue weighted by molar-refractivity contribution is 5.69. The number of nitrogens with one attached hydrogen (secondary N) is 1. The molecule has 0 bridgehead atoms. The lowest BCUT2D eigenvalue weighted by atomic mass is 10.2. The molecule has 0 unspecified atom stereocenters. The van der Waals surface area contributed by atoms with Gasteiger partial charge in [0.2, 0.25) is 0 Å². The fourth-order valence-corrected chi connectivity index (χ4v) is 2.23. The lowest BCUT2D eigenvalue weighted by Crippen LogP contribution is -2.44. The van der Waals surface area contributed by atoms with Crippen molar-refractivity contribution in [1.29, 1.82) is 0 Å². The summed E-state index contributed by atoms with van der Waals surface area (Å²) in [5.41, 5.74) is -0.396. The quantitative estimate of drug-likeness (QED) is 0.821. The number of nitrogens with zero attached hydrogens (tertiary/aromatic N) is 1. The highest BCUT2D eigenvalue weighted by Gasteiger charge is 2.36. The third-order valence-electron chi connectivity index (χ3n) is 3.20. The van der Waals surface area contributed by atoms with Crippen LogP contribution in [0.1, 0.15) is 46.5 Å². The van der Waals surface area contributed by atoms with Crippen molar-refractivity contribution in [2.75, 3.05) is 13.1 Å². The van der Waals surface area contributed by atoms with Crippen LogP contribution < -0.4 is 5.32 Å². The van der Waals surface area contributed by atoms with E-state index in [0.29, 0.717) is 12.1 Å². The average Bonchev–Trinajstić information content (AvgIpc) is 2.89. The molecule has 1 saturated heterocycles. The second-order valence-electron chi connectivity index (χ2n) is 6.16. The minimum Gasteiger partial charge on any atom is -0.444 e. The van der Waals surface area contributed by atoms with Gasteiger partial charge in [-0.1, -0.05) is 0 Å². The van der Waals surface area contributed by atoms with Gasteiger partial charge in [-0.3, -0.25) is 0 Å². The average molecular weight is 240 g/mol. The molecule has 2 aliphatic rings. The van der Waals surface area contributed by atoms with Crippen LogP contribution in [0.2, 0.25) is 0 Å². The molecule has 4 heteroatoms. The first-order chi connectivity index (χ1) is 7.96. The van der Waals surface area contributed by atoms with E-state index in [0.717, 1.165) is 25.9 Å². The Bertz CT molecular complexity index is 276. The molecule has 0 spiro atoms. The number of carbonyl (C=O) groups excluding carboxylic acids is 1. The maximum absolute atomic E-state index is 12.1. The Labute approximate surface area is 104 Å². The molecule has 1 aliphatic heterocycles. The summed E-state index contributed by atoms with van der Waals surface area (Å²) in [6, 6.07) is 0.885. The first-order valence-electron chi connectivity index (χ1n) is 6.69. The highest BCUT2D eigenvalue weighted by Crippen LogP contribution is 2.29. The molecule has 4 nitrogen and oxygen atoms in total. The smallest absolute Gasteiger partial charge is 0.410 e. The van der Waals surface area contributed by atoms with Crippen LogP contribution in [-0.2, 0) is 4.74 Å². The van der Waals surface area contributed by atoms with Crippen LogP contribution in [-0.4, -0.2) is 41.8 Å². The molecular formula is C13H24N2O2. The number of rotatable bonds is 3. The summed E-state index contributed by atoms with van der Waals surface area (Å²) in [4.78, 5) is 14.0. The minimum atomic E-state index is -0.396. The summed E-state index contributed by atoms with van der Waals surface area (Å²) in [7, 11) is 0. The molecule has 0 aromatic heterocycles. The molecule has 17 heavy (non-hydrogen) atoms. The van der Waals surface area contributed by atoms with Gasteiger partial charge >= 0.3 is 6.09 Å². The normalized spacial score (nSPS) is 24.8. The van der Waals surface area contributed by atoms with Crippen molar-refractivity contribution >= 4 is 6.09 Å². The van der Waals surface area contributed by atoms with Crippen molar-refractivity contribution in [1.82, 2.24) is 10.2 Å². The topological polar surface area (TPSA) is 41.6 Å². The van der Waals surface area contributed by atoms with Crippen LogP contribution in [0.15, 0.2) is 0 Å². The molecule has 1 saturated carbocycles. The minimum absolute atomic E-state index is 0.145. The van der Waals surface area contributed by atoms with Crippen molar-refractivity contribution in [3.05, 3.63) is 0 Å². The Morgan fingerprint density at radius 1 is 1.35 bits per heavy atom. The van der Waals surface area contributed by atoms with Crippen molar-refractivity contribution in [3.63, 3.8) is 0 Å². The van der Waals surface area contributed by atoms with Gasteiger partial charge in [0.05, 0.1) is 0 Å². The van der Waals surface area contributed by atoms with Crippen LogP contribution in [0.25, 0.3) is 0 Å². The van der Waals surface area contributed by atoms with Crippen LogP contribution >= 0.6 is 0 Å².